The summed E-state index contributed by atoms with van der Waals surface area (Å²) in [6.45, 7) is 6.05. The average molecular weight is 258 g/mol. The van der Waals surface area contributed by atoms with E-state index in [1.807, 2.05) is 0 Å². The van der Waals surface area contributed by atoms with Crippen LogP contribution in [0.3, 0.4) is 0 Å². The molecule has 19 heavy (non-hydrogen) atoms. The van der Waals surface area contributed by atoms with Crippen molar-refractivity contribution >= 4 is 0 Å². The van der Waals surface area contributed by atoms with Crippen LogP contribution < -0.4 is 5.32 Å². The Balaban J connectivity index is 1.38. The third-order valence-electron chi connectivity index (χ3n) is 4.73. The number of nitrogens with one attached hydrogen (secondary N) is 1. The van der Waals surface area contributed by atoms with Gasteiger partial charge in [-0.1, -0.05) is 43.7 Å². The molecule has 2 fully saturated rings. The molecular formula is C17H26N2. The highest BCUT2D eigenvalue weighted by atomic mass is 15.2. The highest BCUT2D eigenvalue weighted by Gasteiger charge is 2.37. The molecule has 104 valence electrons. The van der Waals surface area contributed by atoms with Gasteiger partial charge in [0.1, 0.15) is 0 Å². The molecule has 0 amide bonds. The molecule has 2 nitrogen and oxygen atoms in total. The molecule has 0 aromatic heterocycles. The van der Waals surface area contributed by atoms with Gasteiger partial charge in [0, 0.05) is 25.2 Å². The Hall–Kier alpha value is -0.860. The first-order chi connectivity index (χ1) is 9.35. The molecule has 1 aromatic rings. The molecule has 0 radical (unpaired) electrons. The number of nitrogens with zero attached hydrogens (tertiary/aromatic N) is 1. The standard InChI is InChI=1S/C17H26N2/c1-2-15-12-17(15)18-16-9-11-19(13-16)10-8-14-6-4-3-5-7-14/h3-7,15-18H,2,8-13H2,1H3. The minimum Gasteiger partial charge on any atom is -0.310 e. The summed E-state index contributed by atoms with van der Waals surface area (Å²) in [4.78, 5) is 2.62. The van der Waals surface area contributed by atoms with E-state index in [1.54, 1.807) is 0 Å². The number of hydrogen-bond acceptors (Lipinski definition) is 2. The zero-order valence-corrected chi connectivity index (χ0v) is 12.0. The fraction of sp³-hybridized carbons (Fsp3) is 0.647. The van der Waals surface area contributed by atoms with Gasteiger partial charge in [-0.25, -0.2) is 0 Å². The third-order valence-corrected chi connectivity index (χ3v) is 4.73. The summed E-state index contributed by atoms with van der Waals surface area (Å²) in [5, 5.41) is 3.84. The normalized spacial score (nSPS) is 30.7. The van der Waals surface area contributed by atoms with Crippen molar-refractivity contribution in [1.29, 1.82) is 0 Å². The lowest BCUT2D eigenvalue weighted by Crippen LogP contribution is -2.35. The predicted octanol–water partition coefficient (Wildman–Crippen LogP) is 2.69. The second-order valence-electron chi connectivity index (χ2n) is 6.20. The van der Waals surface area contributed by atoms with Gasteiger partial charge in [-0.05, 0) is 37.3 Å². The average Bonchev–Trinajstić information content (AvgIpc) is 3.05. The summed E-state index contributed by atoms with van der Waals surface area (Å²) in [7, 11) is 0. The van der Waals surface area contributed by atoms with E-state index in [9.17, 15) is 0 Å². The molecule has 0 bridgehead atoms. The summed E-state index contributed by atoms with van der Waals surface area (Å²) in [5.74, 6) is 0.971. The van der Waals surface area contributed by atoms with E-state index in [2.05, 4.69) is 47.5 Å². The SMILES string of the molecule is CCC1CC1NC1CCN(CCc2ccccc2)C1. The van der Waals surface area contributed by atoms with Gasteiger partial charge in [0.15, 0.2) is 0 Å². The van der Waals surface area contributed by atoms with Crippen molar-refractivity contribution in [3.05, 3.63) is 35.9 Å². The van der Waals surface area contributed by atoms with E-state index in [0.29, 0.717) is 0 Å². The first kappa shape index (κ1) is 13.1. The molecule has 3 rings (SSSR count). The van der Waals surface area contributed by atoms with Gasteiger partial charge < -0.3 is 10.2 Å². The van der Waals surface area contributed by atoms with E-state index in [1.165, 1.54) is 50.9 Å². The van der Waals surface area contributed by atoms with Crippen LogP contribution in [0.4, 0.5) is 0 Å². The first-order valence-corrected chi connectivity index (χ1v) is 7.87. The fourth-order valence-corrected chi connectivity index (χ4v) is 3.31. The van der Waals surface area contributed by atoms with E-state index in [0.717, 1.165) is 18.0 Å². The molecule has 0 spiro atoms. The monoisotopic (exact) mass is 258 g/mol. The maximum Gasteiger partial charge on any atom is 0.0209 e. The van der Waals surface area contributed by atoms with Crippen molar-refractivity contribution in [2.45, 2.75) is 44.7 Å². The van der Waals surface area contributed by atoms with Crippen LogP contribution in [0.1, 0.15) is 31.7 Å². The Morgan fingerprint density at radius 1 is 1.26 bits per heavy atom. The van der Waals surface area contributed by atoms with E-state index >= 15 is 0 Å². The molecule has 3 unspecified atom stereocenters. The Morgan fingerprint density at radius 2 is 2.11 bits per heavy atom. The van der Waals surface area contributed by atoms with Crippen LogP contribution in [0.15, 0.2) is 30.3 Å². The van der Waals surface area contributed by atoms with Crippen LogP contribution in [-0.2, 0) is 6.42 Å². The fourth-order valence-electron chi connectivity index (χ4n) is 3.31. The molecule has 1 aromatic carbocycles. The zero-order valence-electron chi connectivity index (χ0n) is 12.0. The van der Waals surface area contributed by atoms with Crippen molar-refractivity contribution in [3.63, 3.8) is 0 Å². The van der Waals surface area contributed by atoms with Gasteiger partial charge in [0.25, 0.3) is 0 Å². The second-order valence-corrected chi connectivity index (χ2v) is 6.20. The molecular weight excluding hydrogens is 232 g/mol. The Morgan fingerprint density at radius 3 is 2.84 bits per heavy atom. The summed E-state index contributed by atoms with van der Waals surface area (Å²) < 4.78 is 0. The van der Waals surface area contributed by atoms with E-state index in [4.69, 9.17) is 0 Å². The first-order valence-electron chi connectivity index (χ1n) is 7.87. The highest BCUT2D eigenvalue weighted by molar-refractivity contribution is 5.15. The molecule has 2 aliphatic rings. The van der Waals surface area contributed by atoms with Gasteiger partial charge in [0.05, 0.1) is 0 Å². The molecule has 1 saturated heterocycles. The van der Waals surface area contributed by atoms with Crippen molar-refractivity contribution in [1.82, 2.24) is 10.2 Å². The number of hydrogen-bond donors (Lipinski definition) is 1. The molecule has 1 N–H and O–H groups in total. The Labute approximate surface area is 117 Å². The van der Waals surface area contributed by atoms with Crippen molar-refractivity contribution < 1.29 is 0 Å². The summed E-state index contributed by atoms with van der Waals surface area (Å²) >= 11 is 0. The van der Waals surface area contributed by atoms with Crippen LogP contribution in [0.25, 0.3) is 0 Å². The third kappa shape index (κ3) is 3.58. The van der Waals surface area contributed by atoms with Crippen LogP contribution >= 0.6 is 0 Å². The molecule has 3 atom stereocenters. The molecule has 1 aliphatic carbocycles. The summed E-state index contributed by atoms with van der Waals surface area (Å²) in [6, 6.07) is 12.4. The lowest BCUT2D eigenvalue weighted by molar-refractivity contribution is 0.330. The van der Waals surface area contributed by atoms with Crippen LogP contribution in [0.2, 0.25) is 0 Å². The predicted molar refractivity (Wildman–Crippen MR) is 80.3 cm³/mol. The number of benzene rings is 1. The van der Waals surface area contributed by atoms with Crippen LogP contribution in [0, 0.1) is 5.92 Å². The van der Waals surface area contributed by atoms with Gasteiger partial charge in [-0.2, -0.15) is 0 Å². The number of rotatable bonds is 6. The largest absolute Gasteiger partial charge is 0.310 e. The van der Waals surface area contributed by atoms with E-state index in [-0.39, 0.29) is 0 Å². The van der Waals surface area contributed by atoms with Crippen LogP contribution in [0.5, 0.6) is 0 Å². The minimum atomic E-state index is 0.748. The molecule has 1 aliphatic heterocycles. The van der Waals surface area contributed by atoms with Crippen LogP contribution in [-0.4, -0.2) is 36.6 Å². The number of likely N-dealkylation sites (tertiary alicyclic amines) is 1. The molecule has 1 heterocycles. The lowest BCUT2D eigenvalue weighted by Gasteiger charge is -2.16. The smallest absolute Gasteiger partial charge is 0.0209 e. The van der Waals surface area contributed by atoms with Gasteiger partial charge >= 0.3 is 0 Å². The quantitative estimate of drug-likeness (QED) is 0.844. The minimum absolute atomic E-state index is 0.748. The Bertz CT molecular complexity index is 390. The maximum absolute atomic E-state index is 3.84. The van der Waals surface area contributed by atoms with E-state index < -0.39 is 0 Å². The topological polar surface area (TPSA) is 15.3 Å². The Kier molecular flexibility index (Phi) is 4.19. The molecule has 1 saturated carbocycles. The van der Waals surface area contributed by atoms with Gasteiger partial charge in [-0.3, -0.25) is 0 Å². The zero-order chi connectivity index (χ0) is 13.1. The highest BCUT2D eigenvalue weighted by Crippen LogP contribution is 2.34. The van der Waals surface area contributed by atoms with Crippen molar-refractivity contribution in [2.75, 3.05) is 19.6 Å². The lowest BCUT2D eigenvalue weighted by atomic mass is 10.1. The van der Waals surface area contributed by atoms with Crippen molar-refractivity contribution in [3.8, 4) is 0 Å². The molecule has 2 heteroatoms. The van der Waals surface area contributed by atoms with Gasteiger partial charge in [-0.15, -0.1) is 0 Å². The van der Waals surface area contributed by atoms with Gasteiger partial charge in [0.2, 0.25) is 0 Å². The second kappa shape index (κ2) is 6.06. The maximum atomic E-state index is 3.84. The summed E-state index contributed by atoms with van der Waals surface area (Å²) in [6.07, 6.45) is 5.29. The summed E-state index contributed by atoms with van der Waals surface area (Å²) in [5.41, 5.74) is 1.46. The van der Waals surface area contributed by atoms with Crippen molar-refractivity contribution in [2.24, 2.45) is 5.92 Å².